The van der Waals surface area contributed by atoms with Gasteiger partial charge in [-0.2, -0.15) is 5.26 Å². The van der Waals surface area contributed by atoms with Crippen molar-refractivity contribution in [1.82, 2.24) is 0 Å². The van der Waals surface area contributed by atoms with Crippen LogP contribution in [0.5, 0.6) is 0 Å². The highest BCUT2D eigenvalue weighted by atomic mass is 19.1. The Kier molecular flexibility index (Phi) is 6.39. The minimum Gasteiger partial charge on any atom is -0.256 e. The smallest absolute Gasteiger partial charge is 0.146 e. The van der Waals surface area contributed by atoms with Gasteiger partial charge in [-0.25, -0.2) is 8.78 Å². The average molecular weight is 324 g/mol. The van der Waals surface area contributed by atoms with Crippen LogP contribution in [0, 0.1) is 23.0 Å². The number of nitriles is 1. The summed E-state index contributed by atoms with van der Waals surface area (Å²) in [5.41, 5.74) is 1.63. The number of hydrogen-bond acceptors (Lipinski definition) is 2. The standard InChI is InChI=1S/C20H18F2N2/c1-2-3-4-5-6-15-7-9-16(10-8-15)14-24-17-11-19(21)18(13-23)20(22)12-17/h2,7-12,14H,1,3-6H2. The number of allylic oxidation sites excluding steroid dienone is 1. The van der Waals surface area contributed by atoms with Gasteiger partial charge in [0.2, 0.25) is 0 Å². The number of benzene rings is 2. The summed E-state index contributed by atoms with van der Waals surface area (Å²) in [6.45, 7) is 3.71. The quantitative estimate of drug-likeness (QED) is 0.377. The average Bonchev–Trinajstić information content (AvgIpc) is 2.58. The molecule has 0 aliphatic heterocycles. The Balaban J connectivity index is 2.02. The molecule has 0 radical (unpaired) electrons. The van der Waals surface area contributed by atoms with E-state index in [1.54, 1.807) is 6.21 Å². The van der Waals surface area contributed by atoms with Gasteiger partial charge in [-0.15, -0.1) is 6.58 Å². The third-order valence-corrected chi connectivity index (χ3v) is 3.60. The predicted octanol–water partition coefficient (Wildman–Crippen LogP) is 5.49. The van der Waals surface area contributed by atoms with Gasteiger partial charge in [0.25, 0.3) is 0 Å². The monoisotopic (exact) mass is 324 g/mol. The van der Waals surface area contributed by atoms with Crippen LogP contribution in [0.1, 0.15) is 36.0 Å². The Morgan fingerprint density at radius 2 is 1.75 bits per heavy atom. The van der Waals surface area contributed by atoms with E-state index in [2.05, 4.69) is 11.6 Å². The Morgan fingerprint density at radius 1 is 1.08 bits per heavy atom. The van der Waals surface area contributed by atoms with E-state index in [0.717, 1.165) is 43.4 Å². The molecule has 2 nitrogen and oxygen atoms in total. The normalized spacial score (nSPS) is 10.7. The Morgan fingerprint density at radius 3 is 2.33 bits per heavy atom. The highest BCUT2D eigenvalue weighted by Crippen LogP contribution is 2.20. The van der Waals surface area contributed by atoms with E-state index in [1.807, 2.05) is 30.3 Å². The maximum absolute atomic E-state index is 13.5. The molecule has 0 spiro atoms. The van der Waals surface area contributed by atoms with Crippen LogP contribution < -0.4 is 0 Å². The van der Waals surface area contributed by atoms with Crippen molar-refractivity contribution < 1.29 is 8.78 Å². The first-order valence-electron chi connectivity index (χ1n) is 7.77. The van der Waals surface area contributed by atoms with Crippen molar-refractivity contribution in [3.63, 3.8) is 0 Å². The number of hydrogen-bond donors (Lipinski definition) is 0. The number of halogens is 2. The third-order valence-electron chi connectivity index (χ3n) is 3.60. The van der Waals surface area contributed by atoms with E-state index in [4.69, 9.17) is 5.26 Å². The van der Waals surface area contributed by atoms with Gasteiger partial charge in [-0.1, -0.05) is 30.3 Å². The van der Waals surface area contributed by atoms with Gasteiger partial charge in [0.05, 0.1) is 5.69 Å². The van der Waals surface area contributed by atoms with Crippen molar-refractivity contribution in [3.8, 4) is 6.07 Å². The fourth-order valence-corrected chi connectivity index (χ4v) is 2.28. The molecule has 24 heavy (non-hydrogen) atoms. The Labute approximate surface area is 140 Å². The molecule has 0 atom stereocenters. The first-order valence-corrected chi connectivity index (χ1v) is 7.77. The van der Waals surface area contributed by atoms with Crippen LogP contribution in [0.4, 0.5) is 14.5 Å². The molecular weight excluding hydrogens is 306 g/mol. The molecule has 4 heteroatoms. The lowest BCUT2D eigenvalue weighted by atomic mass is 10.1. The molecule has 0 aromatic heterocycles. The van der Waals surface area contributed by atoms with Crippen molar-refractivity contribution in [2.24, 2.45) is 4.99 Å². The summed E-state index contributed by atoms with van der Waals surface area (Å²) in [5, 5.41) is 8.64. The van der Waals surface area contributed by atoms with Crippen LogP contribution in [0.25, 0.3) is 0 Å². The molecule has 2 rings (SSSR count). The zero-order chi connectivity index (χ0) is 17.4. The van der Waals surface area contributed by atoms with Gasteiger partial charge in [0.15, 0.2) is 0 Å². The second kappa shape index (κ2) is 8.73. The fraction of sp³-hybridized carbons (Fsp3) is 0.200. The molecule has 0 fully saturated rings. The summed E-state index contributed by atoms with van der Waals surface area (Å²) in [4.78, 5) is 4.06. The molecule has 122 valence electrons. The van der Waals surface area contributed by atoms with Crippen molar-refractivity contribution in [2.45, 2.75) is 25.7 Å². The molecule has 0 unspecified atom stereocenters. The molecule has 0 N–H and O–H groups in total. The first kappa shape index (κ1) is 17.6. The number of rotatable bonds is 7. The van der Waals surface area contributed by atoms with Gasteiger partial charge in [-0.05, 0) is 36.8 Å². The first-order chi connectivity index (χ1) is 11.6. The molecule has 0 saturated carbocycles. The molecular formula is C20H18F2N2. The molecule has 2 aromatic carbocycles. The van der Waals surface area contributed by atoms with E-state index >= 15 is 0 Å². The van der Waals surface area contributed by atoms with E-state index in [9.17, 15) is 8.78 Å². The van der Waals surface area contributed by atoms with Crippen molar-refractivity contribution in [1.29, 1.82) is 5.26 Å². The topological polar surface area (TPSA) is 36.1 Å². The second-order valence-corrected chi connectivity index (χ2v) is 5.43. The van der Waals surface area contributed by atoms with E-state index in [1.165, 1.54) is 11.6 Å². The maximum atomic E-state index is 13.5. The van der Waals surface area contributed by atoms with Crippen LogP contribution in [0.15, 0.2) is 54.0 Å². The number of unbranched alkanes of at least 4 members (excludes halogenated alkanes) is 2. The largest absolute Gasteiger partial charge is 0.256 e. The lowest BCUT2D eigenvalue weighted by molar-refractivity contribution is 0.577. The summed E-state index contributed by atoms with van der Waals surface area (Å²) in [5.74, 6) is -1.81. The van der Waals surface area contributed by atoms with Gasteiger partial charge in [0, 0.05) is 18.3 Å². The van der Waals surface area contributed by atoms with Gasteiger partial charge < -0.3 is 0 Å². The molecule has 0 bridgehead atoms. The van der Waals surface area contributed by atoms with Crippen LogP contribution >= 0.6 is 0 Å². The van der Waals surface area contributed by atoms with Crippen LogP contribution in [0.2, 0.25) is 0 Å². The Hall–Kier alpha value is -2.80. The molecule has 0 aliphatic carbocycles. The summed E-state index contributed by atoms with van der Waals surface area (Å²) < 4.78 is 27.0. The van der Waals surface area contributed by atoms with E-state index in [-0.39, 0.29) is 5.69 Å². The number of aryl methyl sites for hydroxylation is 1. The van der Waals surface area contributed by atoms with Crippen LogP contribution in [-0.2, 0) is 6.42 Å². The molecule has 0 heterocycles. The van der Waals surface area contributed by atoms with E-state index in [0.29, 0.717) is 0 Å². The van der Waals surface area contributed by atoms with Gasteiger partial charge in [0.1, 0.15) is 23.3 Å². The Bertz CT molecular complexity index is 748. The van der Waals surface area contributed by atoms with Crippen LogP contribution in [0.3, 0.4) is 0 Å². The van der Waals surface area contributed by atoms with Crippen molar-refractivity contribution in [3.05, 3.63) is 77.4 Å². The predicted molar refractivity (Wildman–Crippen MR) is 92.5 cm³/mol. The van der Waals surface area contributed by atoms with Crippen LogP contribution in [-0.4, -0.2) is 6.21 Å². The molecule has 0 saturated heterocycles. The molecule has 0 aliphatic rings. The third kappa shape index (κ3) is 4.85. The minimum atomic E-state index is -0.903. The highest BCUT2D eigenvalue weighted by Gasteiger charge is 2.09. The highest BCUT2D eigenvalue weighted by molar-refractivity contribution is 5.82. The zero-order valence-electron chi connectivity index (χ0n) is 13.3. The van der Waals surface area contributed by atoms with Crippen molar-refractivity contribution in [2.75, 3.05) is 0 Å². The summed E-state index contributed by atoms with van der Waals surface area (Å²) in [6.07, 6.45) is 7.75. The summed E-state index contributed by atoms with van der Waals surface area (Å²) in [6, 6.07) is 11.5. The number of aliphatic imine (C=N–C) groups is 1. The number of nitrogens with zero attached hydrogens (tertiary/aromatic N) is 2. The van der Waals surface area contributed by atoms with Crippen molar-refractivity contribution >= 4 is 11.9 Å². The lowest BCUT2D eigenvalue weighted by Gasteiger charge is -2.02. The molecule has 2 aromatic rings. The fourth-order valence-electron chi connectivity index (χ4n) is 2.28. The second-order valence-electron chi connectivity index (χ2n) is 5.43. The van der Waals surface area contributed by atoms with E-state index < -0.39 is 17.2 Å². The lowest BCUT2D eigenvalue weighted by Crippen LogP contribution is -1.90. The van der Waals surface area contributed by atoms with Gasteiger partial charge >= 0.3 is 0 Å². The molecule has 0 amide bonds. The van der Waals surface area contributed by atoms with Gasteiger partial charge in [-0.3, -0.25) is 4.99 Å². The zero-order valence-corrected chi connectivity index (χ0v) is 13.3. The summed E-state index contributed by atoms with van der Waals surface area (Å²) in [7, 11) is 0. The minimum absolute atomic E-state index is 0.137. The SMILES string of the molecule is C=CCCCCc1ccc(C=Nc2cc(F)c(C#N)c(F)c2)cc1. The summed E-state index contributed by atoms with van der Waals surface area (Å²) >= 11 is 0. The maximum Gasteiger partial charge on any atom is 0.146 e.